The van der Waals surface area contributed by atoms with Gasteiger partial charge in [0.25, 0.3) is 0 Å². The first-order chi connectivity index (χ1) is 9.31. The number of nitrogens with one attached hydrogen (secondary N) is 1. The highest BCUT2D eigenvalue weighted by atomic mass is 15.3. The molecule has 2 aromatic heterocycles. The van der Waals surface area contributed by atoms with Crippen LogP contribution in [0.2, 0.25) is 0 Å². The van der Waals surface area contributed by atoms with Crippen LogP contribution in [-0.4, -0.2) is 19.3 Å². The van der Waals surface area contributed by atoms with Crippen LogP contribution < -0.4 is 5.32 Å². The lowest BCUT2D eigenvalue weighted by molar-refractivity contribution is 0.709. The molecule has 0 aliphatic rings. The van der Waals surface area contributed by atoms with E-state index in [4.69, 9.17) is 0 Å². The Hall–Kier alpha value is -2.56. The van der Waals surface area contributed by atoms with Crippen LogP contribution in [0.15, 0.2) is 55.0 Å². The van der Waals surface area contributed by atoms with Gasteiger partial charge in [0, 0.05) is 31.3 Å². The fourth-order valence-corrected chi connectivity index (χ4v) is 1.93. The number of anilines is 2. The van der Waals surface area contributed by atoms with Crippen LogP contribution in [0.25, 0.3) is 0 Å². The molecule has 0 aliphatic heterocycles. The van der Waals surface area contributed by atoms with Crippen molar-refractivity contribution in [3.63, 3.8) is 0 Å². The van der Waals surface area contributed by atoms with Gasteiger partial charge in [0.05, 0.1) is 12.2 Å². The minimum absolute atomic E-state index is 0.704. The Morgan fingerprint density at radius 1 is 1.11 bits per heavy atom. The van der Waals surface area contributed by atoms with Crippen molar-refractivity contribution in [1.29, 1.82) is 0 Å². The maximum Gasteiger partial charge on any atom is 0.207 e. The van der Waals surface area contributed by atoms with Crippen LogP contribution in [-0.2, 0) is 13.6 Å². The molecule has 1 N–H and O–H groups in total. The number of hydrogen-bond acceptors (Lipinski definition) is 3. The van der Waals surface area contributed by atoms with Gasteiger partial charge in [-0.05, 0) is 18.2 Å². The molecule has 1 aromatic carbocycles. The fraction of sp³-hybridized carbons (Fsp3) is 0.143. The number of benzene rings is 1. The van der Waals surface area contributed by atoms with Crippen LogP contribution in [0.5, 0.6) is 0 Å². The maximum absolute atomic E-state index is 4.37. The minimum Gasteiger partial charge on any atom is -0.326 e. The summed E-state index contributed by atoms with van der Waals surface area (Å²) in [6, 6.07) is 12.0. The molecule has 3 rings (SSSR count). The molecule has 3 aromatic rings. The average molecular weight is 253 g/mol. The number of aryl methyl sites for hydroxylation is 1. The van der Waals surface area contributed by atoms with Crippen molar-refractivity contribution in [2.75, 3.05) is 5.32 Å². The lowest BCUT2D eigenvalue weighted by Gasteiger charge is -2.08. The van der Waals surface area contributed by atoms with Crippen LogP contribution in [0, 0.1) is 0 Å². The number of aromatic nitrogens is 4. The summed E-state index contributed by atoms with van der Waals surface area (Å²) in [5, 5.41) is 7.67. The third kappa shape index (κ3) is 2.65. The molecule has 5 nitrogen and oxygen atoms in total. The van der Waals surface area contributed by atoms with Crippen molar-refractivity contribution in [1.82, 2.24) is 19.3 Å². The van der Waals surface area contributed by atoms with Gasteiger partial charge in [-0.15, -0.1) is 0 Å². The SMILES string of the molecule is Cn1ccc(Cn2ccnc2Nc2ccccc2)n1. The normalized spacial score (nSPS) is 10.6. The maximum atomic E-state index is 4.37. The number of para-hydroxylation sites is 1. The molecule has 0 unspecified atom stereocenters. The summed E-state index contributed by atoms with van der Waals surface area (Å²) >= 11 is 0. The molecule has 0 saturated heterocycles. The molecule has 0 fully saturated rings. The molecule has 0 spiro atoms. The zero-order chi connectivity index (χ0) is 13.1. The van der Waals surface area contributed by atoms with E-state index in [1.165, 1.54) is 0 Å². The summed E-state index contributed by atoms with van der Waals surface area (Å²) in [6.45, 7) is 0.704. The predicted molar refractivity (Wildman–Crippen MR) is 74.3 cm³/mol. The summed E-state index contributed by atoms with van der Waals surface area (Å²) in [5.74, 6) is 0.817. The first kappa shape index (κ1) is 11.5. The van der Waals surface area contributed by atoms with E-state index in [-0.39, 0.29) is 0 Å². The van der Waals surface area contributed by atoms with Crippen LogP contribution >= 0.6 is 0 Å². The number of hydrogen-bond donors (Lipinski definition) is 1. The zero-order valence-corrected chi connectivity index (χ0v) is 10.7. The molecule has 0 bridgehead atoms. The lowest BCUT2D eigenvalue weighted by atomic mass is 10.3. The summed E-state index contributed by atoms with van der Waals surface area (Å²) in [6.07, 6.45) is 5.67. The monoisotopic (exact) mass is 253 g/mol. The highest BCUT2D eigenvalue weighted by molar-refractivity contribution is 5.53. The molecule has 19 heavy (non-hydrogen) atoms. The second-order valence-electron chi connectivity index (χ2n) is 4.35. The Morgan fingerprint density at radius 2 is 1.95 bits per heavy atom. The first-order valence-corrected chi connectivity index (χ1v) is 6.13. The Morgan fingerprint density at radius 3 is 2.68 bits per heavy atom. The molecule has 0 radical (unpaired) electrons. The van der Waals surface area contributed by atoms with Gasteiger partial charge >= 0.3 is 0 Å². The van der Waals surface area contributed by atoms with Crippen molar-refractivity contribution in [3.05, 3.63) is 60.7 Å². The smallest absolute Gasteiger partial charge is 0.207 e. The standard InChI is InChI=1S/C14H15N5/c1-18-9-7-13(17-18)11-19-10-8-15-14(19)16-12-5-3-2-4-6-12/h2-10H,11H2,1H3,(H,15,16). The van der Waals surface area contributed by atoms with Crippen LogP contribution in [0.1, 0.15) is 5.69 Å². The number of nitrogens with zero attached hydrogens (tertiary/aromatic N) is 4. The molecule has 96 valence electrons. The molecule has 0 aliphatic carbocycles. The quantitative estimate of drug-likeness (QED) is 0.776. The van der Waals surface area contributed by atoms with Gasteiger partial charge in [-0.3, -0.25) is 4.68 Å². The largest absolute Gasteiger partial charge is 0.326 e. The summed E-state index contributed by atoms with van der Waals surface area (Å²) in [5.41, 5.74) is 2.03. The molecule has 2 heterocycles. The Balaban J connectivity index is 1.79. The second kappa shape index (κ2) is 4.97. The van der Waals surface area contributed by atoms with E-state index < -0.39 is 0 Å². The van der Waals surface area contributed by atoms with Gasteiger partial charge in [-0.25, -0.2) is 4.98 Å². The summed E-state index contributed by atoms with van der Waals surface area (Å²) < 4.78 is 3.84. The Labute approximate surface area is 111 Å². The van der Waals surface area contributed by atoms with Gasteiger partial charge in [0.2, 0.25) is 5.95 Å². The van der Waals surface area contributed by atoms with Crippen molar-refractivity contribution in [3.8, 4) is 0 Å². The van der Waals surface area contributed by atoms with Crippen LogP contribution in [0.3, 0.4) is 0 Å². The van der Waals surface area contributed by atoms with Gasteiger partial charge in [0.1, 0.15) is 0 Å². The van der Waals surface area contributed by atoms with Gasteiger partial charge in [-0.1, -0.05) is 18.2 Å². The van der Waals surface area contributed by atoms with Crippen molar-refractivity contribution in [2.24, 2.45) is 7.05 Å². The second-order valence-corrected chi connectivity index (χ2v) is 4.35. The van der Waals surface area contributed by atoms with E-state index in [0.29, 0.717) is 6.54 Å². The third-order valence-corrected chi connectivity index (χ3v) is 2.85. The van der Waals surface area contributed by atoms with Crippen molar-refractivity contribution in [2.45, 2.75) is 6.54 Å². The predicted octanol–water partition coefficient (Wildman–Crippen LogP) is 2.41. The molecule has 0 atom stereocenters. The molecule has 0 amide bonds. The van der Waals surface area contributed by atoms with Crippen molar-refractivity contribution < 1.29 is 0 Å². The summed E-state index contributed by atoms with van der Waals surface area (Å²) in [4.78, 5) is 4.33. The number of imidazole rings is 1. The molecular formula is C14H15N5. The first-order valence-electron chi connectivity index (χ1n) is 6.13. The van der Waals surface area contributed by atoms with E-state index in [1.54, 1.807) is 10.9 Å². The summed E-state index contributed by atoms with van der Waals surface area (Å²) in [7, 11) is 1.92. The average Bonchev–Trinajstić information content (AvgIpc) is 3.01. The van der Waals surface area contributed by atoms with Gasteiger partial charge in [0.15, 0.2) is 0 Å². The highest BCUT2D eigenvalue weighted by Crippen LogP contribution is 2.15. The number of rotatable bonds is 4. The third-order valence-electron chi connectivity index (χ3n) is 2.85. The zero-order valence-electron chi connectivity index (χ0n) is 10.7. The minimum atomic E-state index is 0.704. The Bertz CT molecular complexity index is 653. The lowest BCUT2D eigenvalue weighted by Crippen LogP contribution is -2.05. The van der Waals surface area contributed by atoms with Crippen LogP contribution in [0.4, 0.5) is 11.6 Å². The van der Waals surface area contributed by atoms with Gasteiger partial charge in [-0.2, -0.15) is 5.10 Å². The fourth-order valence-electron chi connectivity index (χ4n) is 1.93. The molecule has 5 heteroatoms. The topological polar surface area (TPSA) is 47.7 Å². The molecular weight excluding hydrogens is 238 g/mol. The Kier molecular flexibility index (Phi) is 3.02. The van der Waals surface area contributed by atoms with E-state index >= 15 is 0 Å². The highest BCUT2D eigenvalue weighted by Gasteiger charge is 2.05. The van der Waals surface area contributed by atoms with Crippen molar-refractivity contribution >= 4 is 11.6 Å². The van der Waals surface area contributed by atoms with E-state index in [1.807, 2.05) is 60.4 Å². The molecule has 0 saturated carbocycles. The van der Waals surface area contributed by atoms with E-state index in [0.717, 1.165) is 17.3 Å². The van der Waals surface area contributed by atoms with Gasteiger partial charge < -0.3 is 9.88 Å². The van der Waals surface area contributed by atoms with E-state index in [9.17, 15) is 0 Å². The van der Waals surface area contributed by atoms with E-state index in [2.05, 4.69) is 15.4 Å².